The van der Waals surface area contributed by atoms with Crippen LogP contribution in [0.15, 0.2) is 21.5 Å². The average Bonchev–Trinajstić information content (AvgIpc) is 2.32. The van der Waals surface area contributed by atoms with Gasteiger partial charge in [0.2, 0.25) is 10.0 Å². The van der Waals surface area contributed by atoms with Crippen molar-refractivity contribution in [3.05, 3.63) is 27.7 Å². The molecule has 106 valence electrons. The number of halogens is 1. The van der Waals surface area contributed by atoms with Crippen molar-refractivity contribution in [3.8, 4) is 0 Å². The van der Waals surface area contributed by atoms with Crippen LogP contribution in [0.3, 0.4) is 0 Å². The van der Waals surface area contributed by atoms with Gasteiger partial charge in [-0.3, -0.25) is 0 Å². The summed E-state index contributed by atoms with van der Waals surface area (Å²) in [6.45, 7) is 3.88. The minimum Gasteiger partial charge on any atom is -0.478 e. The lowest BCUT2D eigenvalue weighted by Crippen LogP contribution is -2.28. The largest absolute Gasteiger partial charge is 0.478 e. The Morgan fingerprint density at radius 2 is 2.00 bits per heavy atom. The Bertz CT molecular complexity index is 598. The molecule has 1 N–H and O–H groups in total. The van der Waals surface area contributed by atoms with E-state index in [1.165, 1.54) is 23.5 Å². The van der Waals surface area contributed by atoms with Crippen LogP contribution < -0.4 is 0 Å². The van der Waals surface area contributed by atoms with Gasteiger partial charge in [-0.15, -0.1) is 0 Å². The molecule has 0 saturated carbocycles. The highest BCUT2D eigenvalue weighted by Gasteiger charge is 2.23. The quantitative estimate of drug-likeness (QED) is 0.885. The summed E-state index contributed by atoms with van der Waals surface area (Å²) in [5, 5.41) is 9.09. The summed E-state index contributed by atoms with van der Waals surface area (Å²) in [4.78, 5) is 11.1. The molecule has 1 aromatic rings. The molecule has 0 saturated heterocycles. The summed E-state index contributed by atoms with van der Waals surface area (Å²) in [5.41, 5.74) is 0.488. The molecule has 0 radical (unpaired) electrons. The first-order valence-electron chi connectivity index (χ1n) is 5.71. The average molecular weight is 350 g/mol. The first kappa shape index (κ1) is 16.1. The highest BCUT2D eigenvalue weighted by atomic mass is 79.9. The number of sulfonamides is 1. The number of benzene rings is 1. The summed E-state index contributed by atoms with van der Waals surface area (Å²) >= 11 is 3.20. The summed E-state index contributed by atoms with van der Waals surface area (Å²) in [6.07, 6.45) is 0.689. The topological polar surface area (TPSA) is 74.7 Å². The molecule has 7 heteroatoms. The molecule has 0 atom stereocenters. The van der Waals surface area contributed by atoms with Gasteiger partial charge in [-0.05, 0) is 31.0 Å². The minimum absolute atomic E-state index is 0.0154. The van der Waals surface area contributed by atoms with E-state index < -0.39 is 16.0 Å². The Labute approximate surface area is 121 Å². The second kappa shape index (κ2) is 6.02. The van der Waals surface area contributed by atoms with Crippen molar-refractivity contribution < 1.29 is 18.3 Å². The van der Waals surface area contributed by atoms with Gasteiger partial charge in [0.15, 0.2) is 0 Å². The van der Waals surface area contributed by atoms with Crippen molar-refractivity contribution in [2.75, 3.05) is 13.6 Å². The van der Waals surface area contributed by atoms with E-state index in [1.54, 1.807) is 6.92 Å². The lowest BCUT2D eigenvalue weighted by molar-refractivity contribution is 0.0695. The van der Waals surface area contributed by atoms with Crippen molar-refractivity contribution in [1.82, 2.24) is 4.31 Å². The lowest BCUT2D eigenvalue weighted by atomic mass is 10.1. The van der Waals surface area contributed by atoms with Crippen LogP contribution in [0.25, 0.3) is 0 Å². The monoisotopic (exact) mass is 349 g/mol. The summed E-state index contributed by atoms with van der Waals surface area (Å²) in [5.74, 6) is -1.15. The minimum atomic E-state index is -3.66. The molecule has 0 aliphatic heterocycles. The zero-order valence-electron chi connectivity index (χ0n) is 11.0. The van der Waals surface area contributed by atoms with Crippen molar-refractivity contribution in [3.63, 3.8) is 0 Å². The van der Waals surface area contributed by atoms with E-state index in [0.717, 1.165) is 0 Å². The smallest absolute Gasteiger partial charge is 0.336 e. The van der Waals surface area contributed by atoms with Gasteiger partial charge in [-0.1, -0.05) is 22.9 Å². The van der Waals surface area contributed by atoms with Crippen LogP contribution in [0.5, 0.6) is 0 Å². The first-order chi connectivity index (χ1) is 8.71. The molecule has 0 aliphatic rings. The Morgan fingerprint density at radius 3 is 2.47 bits per heavy atom. The van der Waals surface area contributed by atoms with E-state index in [4.69, 9.17) is 5.11 Å². The zero-order valence-corrected chi connectivity index (χ0v) is 13.4. The molecule has 5 nitrogen and oxygen atoms in total. The molecule has 1 rings (SSSR count). The third kappa shape index (κ3) is 3.34. The van der Waals surface area contributed by atoms with E-state index in [0.29, 0.717) is 23.0 Å². The van der Waals surface area contributed by atoms with E-state index in [1.807, 2.05) is 6.92 Å². The molecule has 0 spiro atoms. The number of carboxylic acid groups (broad SMARTS) is 1. The van der Waals surface area contributed by atoms with Gasteiger partial charge in [0.05, 0.1) is 10.5 Å². The van der Waals surface area contributed by atoms with Gasteiger partial charge in [-0.25, -0.2) is 17.5 Å². The Hall–Kier alpha value is -0.920. The molecule has 0 fully saturated rings. The van der Waals surface area contributed by atoms with E-state index in [2.05, 4.69) is 15.9 Å². The van der Waals surface area contributed by atoms with Crippen LogP contribution in [0, 0.1) is 6.92 Å². The van der Waals surface area contributed by atoms with Gasteiger partial charge in [0.25, 0.3) is 0 Å². The SMILES string of the molecule is CCCN(C)S(=O)(=O)c1cc(Br)c(C)c(C(=O)O)c1. The molecule has 0 unspecified atom stereocenters. The van der Waals surface area contributed by atoms with E-state index >= 15 is 0 Å². The van der Waals surface area contributed by atoms with Crippen LogP contribution in [-0.2, 0) is 10.0 Å². The van der Waals surface area contributed by atoms with Crippen molar-refractivity contribution >= 4 is 31.9 Å². The van der Waals surface area contributed by atoms with Crippen molar-refractivity contribution in [1.29, 1.82) is 0 Å². The van der Waals surface area contributed by atoms with Gasteiger partial charge < -0.3 is 5.11 Å². The number of nitrogens with zero attached hydrogens (tertiary/aromatic N) is 1. The molecule has 19 heavy (non-hydrogen) atoms. The van der Waals surface area contributed by atoms with Crippen molar-refractivity contribution in [2.24, 2.45) is 0 Å². The lowest BCUT2D eigenvalue weighted by Gasteiger charge is -2.17. The first-order valence-corrected chi connectivity index (χ1v) is 7.95. The summed E-state index contributed by atoms with van der Waals surface area (Å²) in [7, 11) is -2.18. The van der Waals surface area contributed by atoms with Gasteiger partial charge in [0.1, 0.15) is 0 Å². The van der Waals surface area contributed by atoms with Crippen LogP contribution in [0.2, 0.25) is 0 Å². The van der Waals surface area contributed by atoms with E-state index in [9.17, 15) is 13.2 Å². The van der Waals surface area contributed by atoms with Crippen LogP contribution in [0.4, 0.5) is 0 Å². The van der Waals surface area contributed by atoms with E-state index in [-0.39, 0.29) is 10.5 Å². The zero-order chi connectivity index (χ0) is 14.8. The van der Waals surface area contributed by atoms with Crippen LogP contribution in [-0.4, -0.2) is 37.4 Å². The summed E-state index contributed by atoms with van der Waals surface area (Å²) < 4.78 is 26.2. The van der Waals surface area contributed by atoms with Gasteiger partial charge in [0, 0.05) is 18.1 Å². The maximum atomic E-state index is 12.3. The number of aromatic carboxylic acids is 1. The maximum Gasteiger partial charge on any atom is 0.336 e. The predicted octanol–water partition coefficient (Wildman–Crippen LogP) is 2.49. The van der Waals surface area contributed by atoms with Gasteiger partial charge in [-0.2, -0.15) is 0 Å². The highest BCUT2D eigenvalue weighted by molar-refractivity contribution is 9.10. The molecular weight excluding hydrogens is 334 g/mol. The number of carbonyl (C=O) groups is 1. The fourth-order valence-corrected chi connectivity index (χ4v) is 3.57. The normalized spacial score (nSPS) is 11.8. The molecule has 0 heterocycles. The molecule has 0 bridgehead atoms. The molecule has 0 aromatic heterocycles. The Morgan fingerprint density at radius 1 is 1.42 bits per heavy atom. The number of hydrogen-bond acceptors (Lipinski definition) is 3. The second-order valence-corrected chi connectivity index (χ2v) is 7.11. The number of hydrogen-bond donors (Lipinski definition) is 1. The maximum absolute atomic E-state index is 12.3. The number of carboxylic acids is 1. The standard InChI is InChI=1S/C12H16BrNO4S/c1-4-5-14(3)19(17,18)9-6-10(12(15)16)8(2)11(13)7-9/h6-7H,4-5H2,1-3H3,(H,15,16). The third-order valence-corrected chi connectivity index (χ3v) is 5.45. The van der Waals surface area contributed by atoms with Crippen LogP contribution >= 0.6 is 15.9 Å². The second-order valence-electron chi connectivity index (χ2n) is 4.21. The predicted molar refractivity (Wildman–Crippen MR) is 75.9 cm³/mol. The highest BCUT2D eigenvalue weighted by Crippen LogP contribution is 2.26. The third-order valence-electron chi connectivity index (χ3n) is 2.79. The van der Waals surface area contributed by atoms with Crippen molar-refractivity contribution in [2.45, 2.75) is 25.2 Å². The summed E-state index contributed by atoms with van der Waals surface area (Å²) in [6, 6.07) is 2.63. The number of rotatable bonds is 5. The molecule has 1 aromatic carbocycles. The Balaban J connectivity index is 3.40. The van der Waals surface area contributed by atoms with Gasteiger partial charge >= 0.3 is 5.97 Å². The molecule has 0 amide bonds. The molecular formula is C12H16BrNO4S. The molecule has 0 aliphatic carbocycles. The Kier molecular flexibility index (Phi) is 5.11. The fourth-order valence-electron chi connectivity index (χ4n) is 1.64. The van der Waals surface area contributed by atoms with Crippen LogP contribution in [0.1, 0.15) is 29.3 Å². The fraction of sp³-hybridized carbons (Fsp3) is 0.417.